The van der Waals surface area contributed by atoms with Crippen LogP contribution in [0.3, 0.4) is 0 Å². The van der Waals surface area contributed by atoms with Crippen molar-refractivity contribution >= 4 is 11.8 Å². The fourth-order valence-electron chi connectivity index (χ4n) is 7.57. The largest absolute Gasteiger partial charge is 0.405 e. The molecule has 3 aliphatic carbocycles. The quantitative estimate of drug-likeness (QED) is 0.667. The number of hydrogen-bond acceptors (Lipinski definition) is 2. The third kappa shape index (κ3) is 3.16. The van der Waals surface area contributed by atoms with Gasteiger partial charge in [0.15, 0.2) is 5.83 Å². The van der Waals surface area contributed by atoms with Gasteiger partial charge in [0.05, 0.1) is 0 Å². The van der Waals surface area contributed by atoms with E-state index in [-0.39, 0.29) is 29.2 Å². The molecule has 0 spiro atoms. The van der Waals surface area contributed by atoms with E-state index < -0.39 is 41.7 Å². The van der Waals surface area contributed by atoms with Crippen LogP contribution in [0.15, 0.2) is 11.9 Å². The van der Waals surface area contributed by atoms with Crippen molar-refractivity contribution in [2.24, 2.45) is 34.5 Å². The van der Waals surface area contributed by atoms with Crippen molar-refractivity contribution in [2.75, 3.05) is 13.6 Å². The summed E-state index contributed by atoms with van der Waals surface area (Å²) < 4.78 is 52.1. The summed E-state index contributed by atoms with van der Waals surface area (Å²) in [6.07, 6.45) is 1.72. The summed E-state index contributed by atoms with van der Waals surface area (Å²) in [6, 6.07) is -0.0395. The van der Waals surface area contributed by atoms with E-state index in [1.165, 1.54) is 6.08 Å². The fourth-order valence-corrected chi connectivity index (χ4v) is 7.57. The second-order valence-electron chi connectivity index (χ2n) is 10.3. The minimum Gasteiger partial charge on any atom is -0.347 e. The third-order valence-electron chi connectivity index (χ3n) is 8.94. The highest BCUT2D eigenvalue weighted by molar-refractivity contribution is 5.92. The maximum Gasteiger partial charge on any atom is 0.405 e. The van der Waals surface area contributed by atoms with E-state index in [0.717, 1.165) is 32.1 Å². The average Bonchev–Trinajstić information content (AvgIpc) is 3.01. The number of fused-ring (bicyclic) bond motifs is 5. The zero-order chi connectivity index (χ0) is 22.1. The number of halogens is 4. The SMILES string of the molecule is CN1C(=O)C(F)=C[C@@]2(C)C1CC[C@@H]1[C@H]2CC[C@]2(C)C(C(=O)NCC(F)(F)F)CC[C@@H]12. The zero-order valence-corrected chi connectivity index (χ0v) is 17.7. The van der Waals surface area contributed by atoms with Crippen LogP contribution in [0, 0.1) is 34.5 Å². The maximum absolute atomic E-state index is 14.4. The lowest BCUT2D eigenvalue weighted by atomic mass is 9.47. The zero-order valence-electron chi connectivity index (χ0n) is 17.7. The molecular formula is C22H30F4N2O2. The third-order valence-corrected chi connectivity index (χ3v) is 8.94. The second kappa shape index (κ2) is 6.95. The van der Waals surface area contributed by atoms with E-state index in [0.29, 0.717) is 6.42 Å². The van der Waals surface area contributed by atoms with Crippen molar-refractivity contribution in [3.63, 3.8) is 0 Å². The molecular weight excluding hydrogens is 400 g/mol. The Balaban J connectivity index is 1.57. The van der Waals surface area contributed by atoms with Crippen molar-refractivity contribution in [3.8, 4) is 0 Å². The highest BCUT2D eigenvalue weighted by atomic mass is 19.4. The minimum atomic E-state index is -4.42. The van der Waals surface area contributed by atoms with Crippen LogP contribution in [0.1, 0.15) is 52.4 Å². The summed E-state index contributed by atoms with van der Waals surface area (Å²) in [4.78, 5) is 26.3. The molecule has 0 radical (unpaired) electrons. The molecule has 0 aromatic rings. The standard InChI is InChI=1S/C22H30F4N2O2/c1-20-9-8-14-12(4-7-17-21(14,2)10-16(23)19(30)28(17)3)13(20)5-6-15(20)18(29)27-11-22(24,25)26/h10,12-15,17H,4-9,11H2,1-3H3,(H,27,29)/t12-,13-,14+,15?,17?,20-,21+/m0/s1. The van der Waals surface area contributed by atoms with Crippen LogP contribution in [0.25, 0.3) is 0 Å². The Morgan fingerprint density at radius 2 is 1.87 bits per heavy atom. The van der Waals surface area contributed by atoms with Crippen LogP contribution in [0.5, 0.6) is 0 Å². The fraction of sp³-hybridized carbons (Fsp3) is 0.818. The van der Waals surface area contributed by atoms with E-state index in [1.54, 1.807) is 11.9 Å². The van der Waals surface area contributed by atoms with E-state index in [1.807, 2.05) is 6.92 Å². The Bertz CT molecular complexity index is 782. The molecule has 30 heavy (non-hydrogen) atoms. The molecule has 0 aromatic carbocycles. The molecule has 168 valence electrons. The molecule has 8 heteroatoms. The molecule has 7 atom stereocenters. The number of amides is 2. The first kappa shape index (κ1) is 21.6. The van der Waals surface area contributed by atoms with Gasteiger partial charge in [-0.25, -0.2) is 4.39 Å². The molecule has 4 rings (SSSR count). The molecule has 1 N–H and O–H groups in total. The van der Waals surface area contributed by atoms with Gasteiger partial charge in [0.1, 0.15) is 6.54 Å². The lowest BCUT2D eigenvalue weighted by Gasteiger charge is -2.60. The Morgan fingerprint density at radius 1 is 1.17 bits per heavy atom. The Kier molecular flexibility index (Phi) is 5.01. The van der Waals surface area contributed by atoms with Crippen LogP contribution in [0.2, 0.25) is 0 Å². The number of nitrogens with zero attached hydrogens (tertiary/aromatic N) is 1. The number of alkyl halides is 3. The molecule has 0 saturated heterocycles. The number of carbonyl (C=O) groups is 2. The lowest BCUT2D eigenvalue weighted by molar-refractivity contribution is -0.148. The molecule has 3 saturated carbocycles. The maximum atomic E-state index is 14.4. The van der Waals surface area contributed by atoms with Crippen LogP contribution < -0.4 is 5.32 Å². The summed E-state index contributed by atoms with van der Waals surface area (Å²) >= 11 is 0. The Hall–Kier alpha value is -1.60. The highest BCUT2D eigenvalue weighted by Crippen LogP contribution is 2.65. The van der Waals surface area contributed by atoms with Gasteiger partial charge in [0.25, 0.3) is 5.91 Å². The van der Waals surface area contributed by atoms with E-state index in [4.69, 9.17) is 0 Å². The van der Waals surface area contributed by atoms with Crippen LogP contribution in [-0.4, -0.2) is 42.5 Å². The first-order valence-corrected chi connectivity index (χ1v) is 10.9. The van der Waals surface area contributed by atoms with Crippen molar-refractivity contribution in [1.29, 1.82) is 0 Å². The van der Waals surface area contributed by atoms with E-state index in [9.17, 15) is 27.2 Å². The molecule has 2 unspecified atom stereocenters. The van der Waals surface area contributed by atoms with Gasteiger partial charge >= 0.3 is 6.18 Å². The normalized spacial score (nSPS) is 43.4. The van der Waals surface area contributed by atoms with Gasteiger partial charge in [-0.2, -0.15) is 13.2 Å². The average molecular weight is 430 g/mol. The summed E-state index contributed by atoms with van der Waals surface area (Å²) in [7, 11) is 1.67. The van der Waals surface area contributed by atoms with Crippen molar-refractivity contribution in [1.82, 2.24) is 10.2 Å². The number of nitrogens with one attached hydrogen (secondary N) is 1. The van der Waals surface area contributed by atoms with Gasteiger partial charge in [-0.15, -0.1) is 0 Å². The number of likely N-dealkylation sites (N-methyl/N-ethyl adjacent to an activating group) is 1. The molecule has 1 aliphatic heterocycles. The number of carbonyl (C=O) groups excluding carboxylic acids is 2. The number of rotatable bonds is 2. The predicted octanol–water partition coefficient (Wildman–Crippen LogP) is 4.22. The van der Waals surface area contributed by atoms with Gasteiger partial charge in [0.2, 0.25) is 5.91 Å². The molecule has 4 aliphatic rings. The van der Waals surface area contributed by atoms with Crippen LogP contribution >= 0.6 is 0 Å². The Morgan fingerprint density at radius 3 is 2.53 bits per heavy atom. The first-order valence-electron chi connectivity index (χ1n) is 10.9. The summed E-state index contributed by atoms with van der Waals surface area (Å²) in [5, 5.41) is 2.10. The first-order chi connectivity index (χ1) is 13.9. The topological polar surface area (TPSA) is 49.4 Å². The van der Waals surface area contributed by atoms with Crippen molar-refractivity contribution in [3.05, 3.63) is 11.9 Å². The van der Waals surface area contributed by atoms with Gasteiger partial charge < -0.3 is 10.2 Å². The summed E-state index contributed by atoms with van der Waals surface area (Å²) in [6.45, 7) is 2.81. The highest BCUT2D eigenvalue weighted by Gasteiger charge is 2.62. The molecule has 3 fully saturated rings. The second-order valence-corrected chi connectivity index (χ2v) is 10.3. The van der Waals surface area contributed by atoms with Gasteiger partial charge in [0, 0.05) is 24.4 Å². The smallest absolute Gasteiger partial charge is 0.347 e. The molecule has 4 nitrogen and oxygen atoms in total. The molecule has 1 heterocycles. The van der Waals surface area contributed by atoms with Gasteiger partial charge in [-0.1, -0.05) is 13.8 Å². The molecule has 0 bridgehead atoms. The Labute approximate surface area is 174 Å². The lowest BCUT2D eigenvalue weighted by Crippen LogP contribution is -2.60. The molecule has 2 amide bonds. The number of hydrogen-bond donors (Lipinski definition) is 1. The predicted molar refractivity (Wildman–Crippen MR) is 103 cm³/mol. The monoisotopic (exact) mass is 430 g/mol. The summed E-state index contributed by atoms with van der Waals surface area (Å²) in [5.41, 5.74) is -0.785. The van der Waals surface area contributed by atoms with E-state index in [2.05, 4.69) is 12.2 Å². The van der Waals surface area contributed by atoms with Crippen molar-refractivity contribution < 1.29 is 27.2 Å². The minimum absolute atomic E-state index is 0.0395. The summed E-state index contributed by atoms with van der Waals surface area (Å²) in [5.74, 6) is -1.44. The van der Waals surface area contributed by atoms with Crippen LogP contribution in [0.4, 0.5) is 17.6 Å². The van der Waals surface area contributed by atoms with Crippen LogP contribution in [-0.2, 0) is 9.59 Å². The van der Waals surface area contributed by atoms with E-state index >= 15 is 0 Å². The van der Waals surface area contributed by atoms with Crippen molar-refractivity contribution in [2.45, 2.75) is 64.6 Å². The van der Waals surface area contributed by atoms with Gasteiger partial charge in [-0.3, -0.25) is 9.59 Å². The van der Waals surface area contributed by atoms with Gasteiger partial charge in [-0.05, 0) is 67.8 Å². The molecule has 0 aromatic heterocycles.